The van der Waals surface area contributed by atoms with Crippen molar-refractivity contribution < 1.29 is 9.59 Å². The molecule has 1 aliphatic rings. The molecular weight excluding hydrogens is 416 g/mol. The van der Waals surface area contributed by atoms with Gasteiger partial charge in [0.15, 0.2) is 0 Å². The number of benzene rings is 2. The Morgan fingerprint density at radius 3 is 2.52 bits per heavy atom. The van der Waals surface area contributed by atoms with E-state index in [1.165, 1.54) is 0 Å². The molecule has 0 bridgehead atoms. The highest BCUT2D eigenvalue weighted by Gasteiger charge is 2.40. The lowest BCUT2D eigenvalue weighted by atomic mass is 9.97. The van der Waals surface area contributed by atoms with E-state index >= 15 is 0 Å². The molecule has 0 aliphatic carbocycles. The van der Waals surface area contributed by atoms with Crippen LogP contribution in [0.4, 0.5) is 0 Å². The van der Waals surface area contributed by atoms with E-state index in [4.69, 9.17) is 0 Å². The zero-order valence-corrected chi connectivity index (χ0v) is 19.0. The first-order valence-electron chi connectivity index (χ1n) is 11.0. The predicted molar refractivity (Wildman–Crippen MR) is 125 cm³/mol. The maximum atomic E-state index is 13.2. The van der Waals surface area contributed by atoms with Crippen molar-refractivity contribution in [1.82, 2.24) is 29.1 Å². The molecule has 8 heteroatoms. The molecule has 2 aromatic heterocycles. The van der Waals surface area contributed by atoms with Crippen LogP contribution in [0.15, 0.2) is 67.1 Å². The molecule has 0 unspecified atom stereocenters. The largest absolute Gasteiger partial charge is 0.351 e. The maximum Gasteiger partial charge on any atom is 0.294 e. The highest BCUT2D eigenvalue weighted by molar-refractivity contribution is 5.98. The molecular formula is C25H26N6O2. The molecule has 1 saturated heterocycles. The Labute approximate surface area is 192 Å². The summed E-state index contributed by atoms with van der Waals surface area (Å²) in [7, 11) is 1.99. The van der Waals surface area contributed by atoms with Crippen molar-refractivity contribution in [2.24, 2.45) is 7.05 Å². The Balaban J connectivity index is 1.32. The molecule has 2 amide bonds. The third-order valence-electron chi connectivity index (χ3n) is 6.27. The Bertz CT molecular complexity index is 1340. The fourth-order valence-corrected chi connectivity index (χ4v) is 4.49. The van der Waals surface area contributed by atoms with Crippen molar-refractivity contribution in [3.63, 3.8) is 0 Å². The molecule has 1 fully saturated rings. The maximum absolute atomic E-state index is 13.2. The molecule has 5 rings (SSSR count). The van der Waals surface area contributed by atoms with E-state index < -0.39 is 5.54 Å². The van der Waals surface area contributed by atoms with Gasteiger partial charge in [-0.3, -0.25) is 9.59 Å². The standard InChI is InChI=1S/C25H26N6O2/c1-25(2)16-29(23(32)19-9-10-21-18(15-19)11-12-28(21)3)13-14-30(25)24(33)22-26-17-31(27-22)20-7-5-4-6-8-20/h4-12,15,17H,13-14,16H2,1-3H3. The monoisotopic (exact) mass is 442 g/mol. The second-order valence-corrected chi connectivity index (χ2v) is 9.04. The van der Waals surface area contributed by atoms with E-state index in [9.17, 15) is 9.59 Å². The summed E-state index contributed by atoms with van der Waals surface area (Å²) in [6.45, 7) is 5.26. The molecule has 168 valence electrons. The van der Waals surface area contributed by atoms with Crippen LogP contribution in [-0.4, -0.2) is 66.1 Å². The van der Waals surface area contributed by atoms with Gasteiger partial charge in [0.25, 0.3) is 11.8 Å². The minimum Gasteiger partial charge on any atom is -0.351 e. The molecule has 0 N–H and O–H groups in total. The van der Waals surface area contributed by atoms with Crippen molar-refractivity contribution in [2.75, 3.05) is 19.6 Å². The van der Waals surface area contributed by atoms with Crippen LogP contribution in [0.25, 0.3) is 16.6 Å². The summed E-state index contributed by atoms with van der Waals surface area (Å²) < 4.78 is 3.63. The molecule has 2 aromatic carbocycles. The van der Waals surface area contributed by atoms with Crippen molar-refractivity contribution in [3.8, 4) is 5.69 Å². The van der Waals surface area contributed by atoms with Crippen LogP contribution in [0, 0.1) is 0 Å². The molecule has 0 spiro atoms. The number of para-hydroxylation sites is 1. The van der Waals surface area contributed by atoms with E-state index in [1.807, 2.05) is 91.2 Å². The van der Waals surface area contributed by atoms with Gasteiger partial charge in [-0.2, -0.15) is 0 Å². The third kappa shape index (κ3) is 3.77. The zero-order chi connectivity index (χ0) is 23.2. The third-order valence-corrected chi connectivity index (χ3v) is 6.27. The molecule has 0 saturated carbocycles. The van der Waals surface area contributed by atoms with Crippen LogP contribution in [0.5, 0.6) is 0 Å². The average Bonchev–Trinajstić information content (AvgIpc) is 3.45. The Kier molecular flexibility index (Phi) is 5.00. The number of aryl methyl sites for hydroxylation is 1. The van der Waals surface area contributed by atoms with Gasteiger partial charge in [0.05, 0.1) is 11.2 Å². The molecule has 33 heavy (non-hydrogen) atoms. The lowest BCUT2D eigenvalue weighted by Crippen LogP contribution is -2.62. The van der Waals surface area contributed by atoms with Gasteiger partial charge >= 0.3 is 0 Å². The van der Waals surface area contributed by atoms with Crippen LogP contribution in [-0.2, 0) is 7.05 Å². The van der Waals surface area contributed by atoms with Gasteiger partial charge in [-0.1, -0.05) is 18.2 Å². The van der Waals surface area contributed by atoms with Gasteiger partial charge in [-0.15, -0.1) is 5.10 Å². The van der Waals surface area contributed by atoms with Gasteiger partial charge in [0.1, 0.15) is 6.33 Å². The number of aromatic nitrogens is 4. The number of fused-ring (bicyclic) bond motifs is 1. The lowest BCUT2D eigenvalue weighted by Gasteiger charge is -2.46. The number of carbonyl (C=O) groups excluding carboxylic acids is 2. The van der Waals surface area contributed by atoms with E-state index in [2.05, 4.69) is 10.1 Å². The number of hydrogen-bond donors (Lipinski definition) is 0. The molecule has 3 heterocycles. The normalized spacial score (nSPS) is 15.7. The van der Waals surface area contributed by atoms with Crippen molar-refractivity contribution in [3.05, 3.63) is 78.5 Å². The van der Waals surface area contributed by atoms with E-state index in [0.717, 1.165) is 16.6 Å². The van der Waals surface area contributed by atoms with Gasteiger partial charge in [0.2, 0.25) is 5.82 Å². The minimum atomic E-state index is -0.556. The second kappa shape index (κ2) is 7.88. The predicted octanol–water partition coefficient (Wildman–Crippen LogP) is 3.14. The topological polar surface area (TPSA) is 76.3 Å². The zero-order valence-electron chi connectivity index (χ0n) is 19.0. The van der Waals surface area contributed by atoms with Crippen molar-refractivity contribution >= 4 is 22.7 Å². The molecule has 4 aromatic rings. The van der Waals surface area contributed by atoms with E-state index in [-0.39, 0.29) is 17.6 Å². The summed E-state index contributed by atoms with van der Waals surface area (Å²) in [5, 5.41) is 5.42. The summed E-state index contributed by atoms with van der Waals surface area (Å²) in [5.74, 6) is -0.0962. The van der Waals surface area contributed by atoms with Crippen LogP contribution in [0.1, 0.15) is 34.8 Å². The number of nitrogens with zero attached hydrogens (tertiary/aromatic N) is 6. The molecule has 0 atom stereocenters. The Morgan fingerprint density at radius 2 is 1.76 bits per heavy atom. The van der Waals surface area contributed by atoms with Gasteiger partial charge in [-0.25, -0.2) is 9.67 Å². The fraction of sp³-hybridized carbons (Fsp3) is 0.280. The number of hydrogen-bond acceptors (Lipinski definition) is 4. The first-order valence-corrected chi connectivity index (χ1v) is 11.0. The van der Waals surface area contributed by atoms with Gasteiger partial charge in [-0.05, 0) is 50.2 Å². The van der Waals surface area contributed by atoms with Crippen molar-refractivity contribution in [2.45, 2.75) is 19.4 Å². The lowest BCUT2D eigenvalue weighted by molar-refractivity contribution is 0.0161. The van der Waals surface area contributed by atoms with Crippen LogP contribution < -0.4 is 0 Å². The molecule has 0 radical (unpaired) electrons. The summed E-state index contributed by atoms with van der Waals surface area (Å²) in [4.78, 5) is 34.3. The van der Waals surface area contributed by atoms with Crippen LogP contribution >= 0.6 is 0 Å². The summed E-state index contributed by atoms with van der Waals surface area (Å²) >= 11 is 0. The number of carbonyl (C=O) groups is 2. The number of rotatable bonds is 3. The highest BCUT2D eigenvalue weighted by Crippen LogP contribution is 2.25. The van der Waals surface area contributed by atoms with E-state index in [1.54, 1.807) is 15.9 Å². The average molecular weight is 443 g/mol. The minimum absolute atomic E-state index is 0.0209. The Morgan fingerprint density at radius 1 is 0.970 bits per heavy atom. The SMILES string of the molecule is Cn1ccc2cc(C(=O)N3CCN(C(=O)c4ncn(-c5ccccc5)n4)C(C)(C)C3)ccc21. The first-order chi connectivity index (χ1) is 15.8. The summed E-state index contributed by atoms with van der Waals surface area (Å²) in [6.07, 6.45) is 3.54. The van der Waals surface area contributed by atoms with Gasteiger partial charge in [0, 0.05) is 49.3 Å². The summed E-state index contributed by atoms with van der Waals surface area (Å²) in [5.41, 5.74) is 2.03. The fourth-order valence-electron chi connectivity index (χ4n) is 4.49. The Hall–Kier alpha value is -3.94. The molecule has 1 aliphatic heterocycles. The van der Waals surface area contributed by atoms with Gasteiger partial charge < -0.3 is 14.4 Å². The highest BCUT2D eigenvalue weighted by atomic mass is 16.2. The molecule has 8 nitrogen and oxygen atoms in total. The second-order valence-electron chi connectivity index (χ2n) is 9.04. The first kappa shape index (κ1) is 20.9. The number of piperazine rings is 1. The van der Waals surface area contributed by atoms with Crippen LogP contribution in [0.3, 0.4) is 0 Å². The summed E-state index contributed by atoms with van der Waals surface area (Å²) in [6, 6.07) is 17.3. The van der Waals surface area contributed by atoms with E-state index in [0.29, 0.717) is 25.2 Å². The smallest absolute Gasteiger partial charge is 0.294 e. The van der Waals surface area contributed by atoms with Crippen molar-refractivity contribution in [1.29, 1.82) is 0 Å². The quantitative estimate of drug-likeness (QED) is 0.489. The van der Waals surface area contributed by atoms with Crippen LogP contribution in [0.2, 0.25) is 0 Å². The number of amides is 2.